The highest BCUT2D eigenvalue weighted by atomic mass is 15.3. The van der Waals surface area contributed by atoms with Crippen molar-refractivity contribution in [2.75, 3.05) is 18.0 Å². The molecule has 1 saturated heterocycles. The molecule has 0 aromatic carbocycles. The molecule has 1 unspecified atom stereocenters. The molecule has 0 bridgehead atoms. The lowest BCUT2D eigenvalue weighted by Crippen LogP contribution is -2.42. The molecule has 1 aromatic heterocycles. The smallest absolute Gasteiger partial charge is 0.226 e. The van der Waals surface area contributed by atoms with Gasteiger partial charge in [0.2, 0.25) is 5.95 Å². The summed E-state index contributed by atoms with van der Waals surface area (Å²) in [5.41, 5.74) is 0.421. The Morgan fingerprint density at radius 1 is 1.61 bits per heavy atom. The standard InChI is InChI=1S/C13H19N5/c1-10(2)18(9-12-4-3-6-15-12)13-16-7-5-11(8-14)17-13/h5,7,10,12,15H,3-4,6,9H2,1-2H3. The molecule has 1 aliphatic rings. The highest BCUT2D eigenvalue weighted by molar-refractivity contribution is 5.35. The zero-order valence-electron chi connectivity index (χ0n) is 10.9. The first kappa shape index (κ1) is 12.8. The van der Waals surface area contributed by atoms with Gasteiger partial charge in [-0.2, -0.15) is 5.26 Å². The number of nitrogens with one attached hydrogen (secondary N) is 1. The van der Waals surface area contributed by atoms with Gasteiger partial charge < -0.3 is 10.2 Å². The summed E-state index contributed by atoms with van der Waals surface area (Å²) in [4.78, 5) is 10.7. The van der Waals surface area contributed by atoms with Gasteiger partial charge in [0.1, 0.15) is 11.8 Å². The Bertz CT molecular complexity index is 431. The predicted molar refractivity (Wildman–Crippen MR) is 70.3 cm³/mol. The van der Waals surface area contributed by atoms with Gasteiger partial charge in [0.25, 0.3) is 0 Å². The maximum absolute atomic E-state index is 8.90. The fourth-order valence-corrected chi connectivity index (χ4v) is 2.22. The molecule has 1 aromatic rings. The summed E-state index contributed by atoms with van der Waals surface area (Å²) >= 11 is 0. The SMILES string of the molecule is CC(C)N(CC1CCCN1)c1nccc(C#N)n1. The van der Waals surface area contributed by atoms with Crippen molar-refractivity contribution in [2.45, 2.75) is 38.8 Å². The van der Waals surface area contributed by atoms with Crippen molar-refractivity contribution in [3.8, 4) is 6.07 Å². The van der Waals surface area contributed by atoms with Gasteiger partial charge in [-0.1, -0.05) is 0 Å². The Hall–Kier alpha value is -1.67. The molecule has 18 heavy (non-hydrogen) atoms. The average Bonchev–Trinajstić information content (AvgIpc) is 2.88. The minimum absolute atomic E-state index is 0.321. The molecule has 0 radical (unpaired) electrons. The summed E-state index contributed by atoms with van der Waals surface area (Å²) in [7, 11) is 0. The second kappa shape index (κ2) is 5.78. The van der Waals surface area contributed by atoms with Gasteiger partial charge in [-0.3, -0.25) is 0 Å². The first-order valence-electron chi connectivity index (χ1n) is 6.44. The van der Waals surface area contributed by atoms with E-state index in [-0.39, 0.29) is 0 Å². The minimum atomic E-state index is 0.321. The van der Waals surface area contributed by atoms with Crippen LogP contribution in [-0.2, 0) is 0 Å². The molecule has 1 N–H and O–H groups in total. The van der Waals surface area contributed by atoms with E-state index in [0.717, 1.165) is 13.1 Å². The molecule has 0 saturated carbocycles. The highest BCUT2D eigenvalue weighted by Gasteiger charge is 2.21. The first-order valence-corrected chi connectivity index (χ1v) is 6.44. The molecule has 5 heteroatoms. The van der Waals surface area contributed by atoms with E-state index in [2.05, 4.69) is 40.1 Å². The van der Waals surface area contributed by atoms with Crippen molar-refractivity contribution in [2.24, 2.45) is 0 Å². The third-order valence-electron chi connectivity index (χ3n) is 3.22. The van der Waals surface area contributed by atoms with E-state index in [1.54, 1.807) is 12.3 Å². The lowest BCUT2D eigenvalue weighted by Gasteiger charge is -2.29. The van der Waals surface area contributed by atoms with Crippen LogP contribution in [0.4, 0.5) is 5.95 Å². The van der Waals surface area contributed by atoms with Gasteiger partial charge in [0.15, 0.2) is 0 Å². The average molecular weight is 245 g/mol. The van der Waals surface area contributed by atoms with Crippen molar-refractivity contribution in [3.05, 3.63) is 18.0 Å². The molecule has 96 valence electrons. The molecule has 0 aliphatic carbocycles. The molecule has 1 fully saturated rings. The zero-order chi connectivity index (χ0) is 13.0. The van der Waals surface area contributed by atoms with Crippen molar-refractivity contribution in [1.82, 2.24) is 15.3 Å². The van der Waals surface area contributed by atoms with Crippen LogP contribution < -0.4 is 10.2 Å². The van der Waals surface area contributed by atoms with E-state index in [1.807, 2.05) is 0 Å². The fourth-order valence-electron chi connectivity index (χ4n) is 2.22. The third-order valence-corrected chi connectivity index (χ3v) is 3.22. The number of nitriles is 1. The van der Waals surface area contributed by atoms with E-state index in [4.69, 9.17) is 5.26 Å². The monoisotopic (exact) mass is 245 g/mol. The molecule has 2 heterocycles. The normalized spacial score (nSPS) is 18.9. The van der Waals surface area contributed by atoms with Crippen LogP contribution in [0.1, 0.15) is 32.4 Å². The molecule has 5 nitrogen and oxygen atoms in total. The van der Waals surface area contributed by atoms with Gasteiger partial charge in [0.05, 0.1) is 0 Å². The van der Waals surface area contributed by atoms with E-state index in [9.17, 15) is 0 Å². The van der Waals surface area contributed by atoms with Crippen LogP contribution in [0.25, 0.3) is 0 Å². The summed E-state index contributed by atoms with van der Waals surface area (Å²) in [6.07, 6.45) is 4.08. The molecule has 1 aliphatic heterocycles. The Balaban J connectivity index is 2.15. The highest BCUT2D eigenvalue weighted by Crippen LogP contribution is 2.15. The van der Waals surface area contributed by atoms with Crippen LogP contribution in [0.15, 0.2) is 12.3 Å². The van der Waals surface area contributed by atoms with E-state index in [1.165, 1.54) is 12.8 Å². The second-order valence-electron chi connectivity index (χ2n) is 4.89. The molecule has 1 atom stereocenters. The van der Waals surface area contributed by atoms with E-state index < -0.39 is 0 Å². The number of aromatic nitrogens is 2. The predicted octanol–water partition coefficient (Wildman–Crippen LogP) is 1.32. The number of anilines is 1. The fraction of sp³-hybridized carbons (Fsp3) is 0.615. The Morgan fingerprint density at radius 3 is 3.06 bits per heavy atom. The van der Waals surface area contributed by atoms with Gasteiger partial charge in [-0.05, 0) is 39.3 Å². The summed E-state index contributed by atoms with van der Waals surface area (Å²) < 4.78 is 0. The molecule has 2 rings (SSSR count). The zero-order valence-corrected chi connectivity index (χ0v) is 10.9. The largest absolute Gasteiger partial charge is 0.337 e. The van der Waals surface area contributed by atoms with Crippen LogP contribution in [0.2, 0.25) is 0 Å². The van der Waals surface area contributed by atoms with Crippen molar-refractivity contribution >= 4 is 5.95 Å². The second-order valence-corrected chi connectivity index (χ2v) is 4.89. The van der Waals surface area contributed by atoms with Crippen LogP contribution in [0.3, 0.4) is 0 Å². The van der Waals surface area contributed by atoms with Gasteiger partial charge in [-0.25, -0.2) is 9.97 Å². The summed E-state index contributed by atoms with van der Waals surface area (Å²) in [5.74, 6) is 0.651. The maximum Gasteiger partial charge on any atom is 0.226 e. The van der Waals surface area contributed by atoms with Crippen LogP contribution in [0, 0.1) is 11.3 Å². The number of nitrogens with zero attached hydrogens (tertiary/aromatic N) is 4. The van der Waals surface area contributed by atoms with E-state index >= 15 is 0 Å². The molecular formula is C13H19N5. The lowest BCUT2D eigenvalue weighted by molar-refractivity contribution is 0.544. The van der Waals surface area contributed by atoms with Gasteiger partial charge in [0, 0.05) is 24.8 Å². The lowest BCUT2D eigenvalue weighted by atomic mass is 10.2. The topological polar surface area (TPSA) is 64.8 Å². The first-order chi connectivity index (χ1) is 8.70. The van der Waals surface area contributed by atoms with Gasteiger partial charge in [-0.15, -0.1) is 0 Å². The van der Waals surface area contributed by atoms with Crippen molar-refractivity contribution < 1.29 is 0 Å². The Labute approximate surface area is 108 Å². The third kappa shape index (κ3) is 2.96. The molecular weight excluding hydrogens is 226 g/mol. The summed E-state index contributed by atoms with van der Waals surface area (Å²) in [5, 5.41) is 12.4. The minimum Gasteiger partial charge on any atom is -0.337 e. The number of rotatable bonds is 4. The van der Waals surface area contributed by atoms with Crippen LogP contribution in [0.5, 0.6) is 0 Å². The van der Waals surface area contributed by atoms with E-state index in [0.29, 0.717) is 23.7 Å². The van der Waals surface area contributed by atoms with Crippen LogP contribution >= 0.6 is 0 Å². The summed E-state index contributed by atoms with van der Waals surface area (Å²) in [6.45, 7) is 6.23. The quantitative estimate of drug-likeness (QED) is 0.866. The summed E-state index contributed by atoms with van der Waals surface area (Å²) in [6, 6.07) is 4.52. The number of hydrogen-bond acceptors (Lipinski definition) is 5. The molecule has 0 amide bonds. The van der Waals surface area contributed by atoms with Gasteiger partial charge >= 0.3 is 0 Å². The Morgan fingerprint density at radius 2 is 2.44 bits per heavy atom. The van der Waals surface area contributed by atoms with Crippen LogP contribution in [-0.4, -0.2) is 35.1 Å². The van der Waals surface area contributed by atoms with Crippen molar-refractivity contribution in [1.29, 1.82) is 5.26 Å². The Kier molecular flexibility index (Phi) is 4.11. The molecule has 0 spiro atoms. The van der Waals surface area contributed by atoms with Crippen molar-refractivity contribution in [3.63, 3.8) is 0 Å². The number of hydrogen-bond donors (Lipinski definition) is 1. The maximum atomic E-state index is 8.90.